The molecule has 0 aliphatic rings. The van der Waals surface area contributed by atoms with Crippen LogP contribution < -0.4 is 38.1 Å². The third kappa shape index (κ3) is 17.0. The lowest BCUT2D eigenvalue weighted by Crippen LogP contribution is -2.59. The molecule has 0 aromatic rings. The number of carbonyl (C=O) groups excluding carboxylic acids is 5. The molecule has 20 heteroatoms. The maximum Gasteiger partial charge on any atom is 0.328 e. The van der Waals surface area contributed by atoms with Crippen LogP contribution in [-0.4, -0.2) is 117 Å². The summed E-state index contributed by atoms with van der Waals surface area (Å²) in [4.78, 5) is 101. The van der Waals surface area contributed by atoms with E-state index >= 15 is 0 Å². The van der Waals surface area contributed by atoms with E-state index < -0.39 is 97.1 Å². The molecule has 0 aromatic heterocycles. The van der Waals surface area contributed by atoms with Gasteiger partial charge in [0, 0.05) is 13.5 Å². The Hall–Kier alpha value is -5.01. The number of nitrogens with one attached hydrogen (secondary N) is 5. The monoisotopic (exact) mass is 646 g/mol. The number of nitrogens with two attached hydrogens (primary N) is 2. The number of carboxylic acids is 3. The maximum absolute atomic E-state index is 13.4. The average molecular weight is 647 g/mol. The summed E-state index contributed by atoms with van der Waals surface area (Å²) in [5.41, 5.74) is 10.6. The van der Waals surface area contributed by atoms with Gasteiger partial charge >= 0.3 is 17.9 Å². The van der Waals surface area contributed by atoms with E-state index in [2.05, 4.69) is 26.3 Å². The Balaban J connectivity index is 6.13. The summed E-state index contributed by atoms with van der Waals surface area (Å²) in [6, 6.07) is -7.95. The number of aliphatic imine (C=N–C) groups is 1. The number of aliphatic hydroxyl groups excluding tert-OH is 1. The predicted octanol–water partition coefficient (Wildman–Crippen LogP) is -4.44. The van der Waals surface area contributed by atoms with Crippen molar-refractivity contribution < 1.29 is 58.8 Å². The van der Waals surface area contributed by atoms with Gasteiger partial charge < -0.3 is 58.5 Å². The lowest BCUT2D eigenvalue weighted by atomic mass is 10.0. The molecule has 5 amide bonds. The number of guanidine groups is 1. The summed E-state index contributed by atoms with van der Waals surface area (Å²) >= 11 is 0. The first-order chi connectivity index (χ1) is 20.9. The Morgan fingerprint density at radius 2 is 1.09 bits per heavy atom. The van der Waals surface area contributed by atoms with Crippen molar-refractivity contribution in [2.75, 3.05) is 13.2 Å². The molecule has 0 heterocycles. The first-order valence-electron chi connectivity index (χ1n) is 13.7. The number of hydrogen-bond donors (Lipinski definition) is 11. The smallest absolute Gasteiger partial charge is 0.328 e. The molecule has 0 spiro atoms. The molecule has 0 unspecified atom stereocenters. The van der Waals surface area contributed by atoms with Gasteiger partial charge in [0.05, 0.1) is 19.4 Å². The molecule has 0 rings (SSSR count). The van der Waals surface area contributed by atoms with Crippen molar-refractivity contribution in [3.8, 4) is 0 Å². The molecular weight excluding hydrogens is 604 g/mol. The van der Waals surface area contributed by atoms with Crippen LogP contribution in [0.1, 0.15) is 52.9 Å². The van der Waals surface area contributed by atoms with Crippen molar-refractivity contribution in [1.29, 1.82) is 0 Å². The van der Waals surface area contributed by atoms with Crippen molar-refractivity contribution >= 4 is 53.4 Å². The topological polar surface area (TPSA) is 342 Å². The quantitative estimate of drug-likeness (QED) is 0.0318. The van der Waals surface area contributed by atoms with Crippen LogP contribution in [0.2, 0.25) is 0 Å². The highest BCUT2D eigenvalue weighted by molar-refractivity contribution is 5.97. The second-order valence-electron chi connectivity index (χ2n) is 10.3. The van der Waals surface area contributed by atoms with Gasteiger partial charge in [-0.15, -0.1) is 0 Å². The van der Waals surface area contributed by atoms with Gasteiger partial charge in [-0.3, -0.25) is 38.6 Å². The minimum Gasteiger partial charge on any atom is -0.481 e. The molecular formula is C25H42N8O12. The zero-order valence-electron chi connectivity index (χ0n) is 25.1. The summed E-state index contributed by atoms with van der Waals surface area (Å²) in [7, 11) is 0. The number of carboxylic acid groups (broad SMARTS) is 3. The van der Waals surface area contributed by atoms with Gasteiger partial charge in [0.2, 0.25) is 29.5 Å². The van der Waals surface area contributed by atoms with E-state index in [1.165, 1.54) is 0 Å². The van der Waals surface area contributed by atoms with Crippen LogP contribution in [0, 0.1) is 5.92 Å². The number of amides is 5. The van der Waals surface area contributed by atoms with Gasteiger partial charge in [0.25, 0.3) is 0 Å². The third-order valence-electron chi connectivity index (χ3n) is 5.80. The van der Waals surface area contributed by atoms with E-state index in [-0.39, 0.29) is 37.7 Å². The molecule has 20 nitrogen and oxygen atoms in total. The number of aliphatic carboxylic acids is 3. The molecule has 0 aromatic carbocycles. The van der Waals surface area contributed by atoms with Crippen LogP contribution in [0.3, 0.4) is 0 Å². The van der Waals surface area contributed by atoms with Gasteiger partial charge in [0.15, 0.2) is 5.96 Å². The Morgan fingerprint density at radius 1 is 0.667 bits per heavy atom. The highest BCUT2D eigenvalue weighted by Gasteiger charge is 2.33. The molecule has 45 heavy (non-hydrogen) atoms. The minimum absolute atomic E-state index is 0.0271. The van der Waals surface area contributed by atoms with E-state index in [9.17, 15) is 48.6 Å². The highest BCUT2D eigenvalue weighted by atomic mass is 16.4. The summed E-state index contributed by atoms with van der Waals surface area (Å²) in [5, 5.41) is 47.6. The summed E-state index contributed by atoms with van der Waals surface area (Å²) < 4.78 is 0. The maximum atomic E-state index is 13.4. The van der Waals surface area contributed by atoms with Crippen molar-refractivity contribution in [3.63, 3.8) is 0 Å². The van der Waals surface area contributed by atoms with Crippen molar-refractivity contribution in [3.05, 3.63) is 0 Å². The third-order valence-corrected chi connectivity index (χ3v) is 5.80. The van der Waals surface area contributed by atoms with Crippen molar-refractivity contribution in [1.82, 2.24) is 26.6 Å². The van der Waals surface area contributed by atoms with Crippen molar-refractivity contribution in [2.24, 2.45) is 22.4 Å². The number of hydrogen-bond acceptors (Lipinski definition) is 10. The minimum atomic E-state index is -1.81. The molecule has 13 N–H and O–H groups in total. The van der Waals surface area contributed by atoms with Crippen molar-refractivity contribution in [2.45, 2.75) is 83.1 Å². The molecule has 0 saturated heterocycles. The van der Waals surface area contributed by atoms with E-state index in [0.29, 0.717) is 0 Å². The average Bonchev–Trinajstić information content (AvgIpc) is 2.90. The van der Waals surface area contributed by atoms with Crippen LogP contribution in [0.4, 0.5) is 0 Å². The molecule has 0 aliphatic carbocycles. The van der Waals surface area contributed by atoms with Crippen LogP contribution in [0.5, 0.6) is 0 Å². The Kier molecular flexibility index (Phi) is 17.8. The molecule has 0 saturated carbocycles. The fraction of sp³-hybridized carbons (Fsp3) is 0.640. The van der Waals surface area contributed by atoms with Crippen LogP contribution in [0.15, 0.2) is 4.99 Å². The molecule has 0 aliphatic heterocycles. The Labute approximate surface area is 257 Å². The van der Waals surface area contributed by atoms with Crippen LogP contribution >= 0.6 is 0 Å². The van der Waals surface area contributed by atoms with Crippen LogP contribution in [0.25, 0.3) is 0 Å². The SMILES string of the molecule is CC(=O)N[C@@H](CC(=O)O)C(=O)N[C@@H](CCCN=C(N)N)C(=O)N[C@@H](CC(C)C)C(=O)N[C@@H](CC(=O)O)C(=O)N[C@@H](CO)C(=O)O. The molecule has 5 atom stereocenters. The summed E-state index contributed by atoms with van der Waals surface area (Å²) in [6.45, 7) is 3.43. The fourth-order valence-corrected chi connectivity index (χ4v) is 3.76. The molecule has 0 bridgehead atoms. The number of rotatable bonds is 21. The first kappa shape index (κ1) is 40.0. The first-order valence-corrected chi connectivity index (χ1v) is 13.7. The van der Waals surface area contributed by atoms with E-state index in [1.54, 1.807) is 13.8 Å². The highest BCUT2D eigenvalue weighted by Crippen LogP contribution is 2.09. The van der Waals surface area contributed by atoms with Gasteiger partial charge in [-0.25, -0.2) is 4.79 Å². The van der Waals surface area contributed by atoms with Gasteiger partial charge in [-0.2, -0.15) is 0 Å². The predicted molar refractivity (Wildman–Crippen MR) is 154 cm³/mol. The summed E-state index contributed by atoms with van der Waals surface area (Å²) in [6.07, 6.45) is -1.83. The zero-order chi connectivity index (χ0) is 34.9. The molecule has 254 valence electrons. The number of nitrogens with zero attached hydrogens (tertiary/aromatic N) is 1. The van der Waals surface area contributed by atoms with Gasteiger partial charge in [0.1, 0.15) is 30.2 Å². The second kappa shape index (κ2) is 20.0. The Morgan fingerprint density at radius 3 is 1.51 bits per heavy atom. The molecule has 0 radical (unpaired) electrons. The van der Waals surface area contributed by atoms with Crippen LogP contribution in [-0.2, 0) is 38.4 Å². The van der Waals surface area contributed by atoms with E-state index in [4.69, 9.17) is 21.7 Å². The van der Waals surface area contributed by atoms with Gasteiger partial charge in [-0.05, 0) is 25.2 Å². The lowest BCUT2D eigenvalue weighted by molar-refractivity contribution is -0.144. The largest absolute Gasteiger partial charge is 0.481 e. The van der Waals surface area contributed by atoms with E-state index in [1.807, 2.05) is 5.32 Å². The normalized spacial score (nSPS) is 14.0. The lowest BCUT2D eigenvalue weighted by Gasteiger charge is -2.27. The summed E-state index contributed by atoms with van der Waals surface area (Å²) in [5.74, 6) is -9.99. The van der Waals surface area contributed by atoms with Gasteiger partial charge in [-0.1, -0.05) is 13.8 Å². The fourth-order valence-electron chi connectivity index (χ4n) is 3.76. The molecule has 0 fully saturated rings. The number of carbonyl (C=O) groups is 8. The van der Waals surface area contributed by atoms with E-state index in [0.717, 1.165) is 6.92 Å². The zero-order valence-corrected chi connectivity index (χ0v) is 25.1. The number of aliphatic hydroxyl groups is 1. The Bertz CT molecular complexity index is 1110. The second-order valence-corrected chi connectivity index (χ2v) is 10.3. The standard InChI is InChI=1S/C25H42N8O12/c1-11(2)7-14(21(41)32-16(9-19(38)39)23(43)33-17(10-34)24(44)45)31-20(40)13(5-4-6-28-25(26)27)30-22(42)15(8-18(36)37)29-12(3)35/h11,13-17,34H,4-10H2,1-3H3,(H,29,35)(H,30,42)(H,31,40)(H,32,41)(H,33,43)(H,36,37)(H,38,39)(H,44,45)(H4,26,27,28)/t13-,14-,15-,16-,17-/m0/s1.